The third kappa shape index (κ3) is 5.66. The fraction of sp³-hybridized carbons (Fsp3) is 0.857. The number of ether oxygens (including phenoxy) is 1. The predicted molar refractivity (Wildman–Crippen MR) is 41.3 cm³/mol. The molecule has 1 amide bonds. The second kappa shape index (κ2) is 5.97. The maximum atomic E-state index is 10.7. The number of hydrogen-bond donors (Lipinski definition) is 2. The lowest BCUT2D eigenvalue weighted by atomic mass is 10.2. The van der Waals surface area contributed by atoms with Crippen LogP contribution in [0.2, 0.25) is 0 Å². The molecule has 0 heterocycles. The molecular formula is C7H15NO3. The number of carbonyl (C=O) groups is 1. The Balaban J connectivity index is 3.40. The van der Waals surface area contributed by atoms with Crippen molar-refractivity contribution >= 4 is 6.09 Å². The van der Waals surface area contributed by atoms with E-state index in [4.69, 9.17) is 5.11 Å². The Morgan fingerprint density at radius 2 is 2.36 bits per heavy atom. The molecule has 0 aliphatic heterocycles. The maximum absolute atomic E-state index is 10.7. The minimum atomic E-state index is -0.423. The summed E-state index contributed by atoms with van der Waals surface area (Å²) in [7, 11) is 0. The quantitative estimate of drug-likeness (QED) is 0.631. The summed E-state index contributed by atoms with van der Waals surface area (Å²) in [5.41, 5.74) is 0. The molecule has 0 bridgehead atoms. The van der Waals surface area contributed by atoms with Gasteiger partial charge in [-0.2, -0.15) is 0 Å². The van der Waals surface area contributed by atoms with E-state index in [0.717, 1.165) is 0 Å². The topological polar surface area (TPSA) is 58.6 Å². The standard InChI is InChI=1S/C7H15NO3/c1-3-11-7(10)8-6(2)4-5-9/h6,9H,3-5H2,1-2H3,(H,8,10). The van der Waals surface area contributed by atoms with Crippen LogP contribution in [-0.4, -0.2) is 30.5 Å². The first-order valence-corrected chi connectivity index (χ1v) is 3.74. The summed E-state index contributed by atoms with van der Waals surface area (Å²) in [6, 6.07) is -0.0287. The van der Waals surface area contributed by atoms with Crippen LogP contribution in [0, 0.1) is 0 Å². The Morgan fingerprint density at radius 3 is 2.82 bits per heavy atom. The highest BCUT2D eigenvalue weighted by atomic mass is 16.5. The van der Waals surface area contributed by atoms with Crippen LogP contribution in [-0.2, 0) is 4.74 Å². The minimum Gasteiger partial charge on any atom is -0.450 e. The van der Waals surface area contributed by atoms with E-state index in [0.29, 0.717) is 13.0 Å². The van der Waals surface area contributed by atoms with E-state index in [1.165, 1.54) is 0 Å². The van der Waals surface area contributed by atoms with Gasteiger partial charge in [0.1, 0.15) is 0 Å². The van der Waals surface area contributed by atoms with Crippen LogP contribution in [0.1, 0.15) is 20.3 Å². The average molecular weight is 161 g/mol. The zero-order valence-corrected chi connectivity index (χ0v) is 6.96. The molecule has 0 aromatic rings. The van der Waals surface area contributed by atoms with Gasteiger partial charge in [0.2, 0.25) is 0 Å². The number of amides is 1. The Morgan fingerprint density at radius 1 is 1.73 bits per heavy atom. The summed E-state index contributed by atoms with van der Waals surface area (Å²) in [6.07, 6.45) is 0.132. The van der Waals surface area contributed by atoms with E-state index in [9.17, 15) is 4.79 Å². The number of aliphatic hydroxyl groups excluding tert-OH is 1. The van der Waals surface area contributed by atoms with Gasteiger partial charge in [-0.15, -0.1) is 0 Å². The monoisotopic (exact) mass is 161 g/mol. The van der Waals surface area contributed by atoms with Crippen LogP contribution in [0.4, 0.5) is 4.79 Å². The lowest BCUT2D eigenvalue weighted by molar-refractivity contribution is 0.146. The summed E-state index contributed by atoms with van der Waals surface area (Å²) in [4.78, 5) is 10.7. The summed E-state index contributed by atoms with van der Waals surface area (Å²) in [5.74, 6) is 0. The minimum absolute atomic E-state index is 0.0287. The van der Waals surface area contributed by atoms with Gasteiger partial charge in [0.25, 0.3) is 0 Å². The van der Waals surface area contributed by atoms with Gasteiger partial charge in [0.05, 0.1) is 6.61 Å². The van der Waals surface area contributed by atoms with Gasteiger partial charge < -0.3 is 15.2 Å². The van der Waals surface area contributed by atoms with Gasteiger partial charge >= 0.3 is 6.09 Å². The molecule has 0 radical (unpaired) electrons. The molecule has 1 atom stereocenters. The zero-order chi connectivity index (χ0) is 8.69. The third-order valence-corrected chi connectivity index (χ3v) is 1.20. The smallest absolute Gasteiger partial charge is 0.407 e. The summed E-state index contributed by atoms with van der Waals surface area (Å²) in [6.45, 7) is 4.01. The van der Waals surface area contributed by atoms with Crippen LogP contribution >= 0.6 is 0 Å². The van der Waals surface area contributed by atoms with Crippen molar-refractivity contribution in [3.8, 4) is 0 Å². The summed E-state index contributed by atoms with van der Waals surface area (Å²) in [5, 5.41) is 11.0. The Bertz CT molecular complexity index is 116. The van der Waals surface area contributed by atoms with Crippen LogP contribution in [0.25, 0.3) is 0 Å². The first kappa shape index (κ1) is 10.2. The normalized spacial score (nSPS) is 12.3. The molecule has 0 aromatic carbocycles. The van der Waals surface area contributed by atoms with E-state index in [-0.39, 0.29) is 12.6 Å². The molecule has 4 nitrogen and oxygen atoms in total. The lowest BCUT2D eigenvalue weighted by Crippen LogP contribution is -2.33. The fourth-order valence-electron chi connectivity index (χ4n) is 0.640. The molecule has 1 unspecified atom stereocenters. The van der Waals surface area contributed by atoms with Gasteiger partial charge in [-0.05, 0) is 20.3 Å². The van der Waals surface area contributed by atoms with Crippen molar-refractivity contribution in [2.24, 2.45) is 0 Å². The summed E-state index contributed by atoms with van der Waals surface area (Å²) < 4.78 is 4.63. The molecular weight excluding hydrogens is 146 g/mol. The highest BCUT2D eigenvalue weighted by Gasteiger charge is 2.05. The molecule has 0 aliphatic carbocycles. The predicted octanol–water partition coefficient (Wildman–Crippen LogP) is 0.503. The highest BCUT2D eigenvalue weighted by Crippen LogP contribution is 1.89. The van der Waals surface area contributed by atoms with Crippen LogP contribution < -0.4 is 5.32 Å². The number of aliphatic hydroxyl groups is 1. The van der Waals surface area contributed by atoms with E-state index >= 15 is 0 Å². The second-order valence-corrected chi connectivity index (χ2v) is 2.28. The molecule has 66 valence electrons. The first-order valence-electron chi connectivity index (χ1n) is 3.74. The molecule has 2 N–H and O–H groups in total. The van der Waals surface area contributed by atoms with Gasteiger partial charge in [0.15, 0.2) is 0 Å². The van der Waals surface area contributed by atoms with Crippen molar-refractivity contribution in [3.05, 3.63) is 0 Å². The number of alkyl carbamates (subject to hydrolysis) is 1. The molecule has 0 aromatic heterocycles. The summed E-state index contributed by atoms with van der Waals surface area (Å²) >= 11 is 0. The van der Waals surface area contributed by atoms with Crippen LogP contribution in [0.15, 0.2) is 0 Å². The number of hydrogen-bond acceptors (Lipinski definition) is 3. The van der Waals surface area contributed by atoms with Crippen molar-refractivity contribution in [1.29, 1.82) is 0 Å². The maximum Gasteiger partial charge on any atom is 0.407 e. The van der Waals surface area contributed by atoms with E-state index < -0.39 is 6.09 Å². The van der Waals surface area contributed by atoms with Gasteiger partial charge in [0, 0.05) is 12.6 Å². The Hall–Kier alpha value is -0.770. The van der Waals surface area contributed by atoms with Crippen molar-refractivity contribution in [2.75, 3.05) is 13.2 Å². The van der Waals surface area contributed by atoms with Crippen molar-refractivity contribution in [3.63, 3.8) is 0 Å². The lowest BCUT2D eigenvalue weighted by Gasteiger charge is -2.11. The molecule has 0 rings (SSSR count). The molecule has 0 fully saturated rings. The third-order valence-electron chi connectivity index (χ3n) is 1.20. The number of carbonyl (C=O) groups excluding carboxylic acids is 1. The highest BCUT2D eigenvalue weighted by molar-refractivity contribution is 5.67. The largest absolute Gasteiger partial charge is 0.450 e. The van der Waals surface area contributed by atoms with Crippen LogP contribution in [0.5, 0.6) is 0 Å². The SMILES string of the molecule is CCOC(=O)NC(C)CCO. The van der Waals surface area contributed by atoms with E-state index in [2.05, 4.69) is 10.1 Å². The first-order chi connectivity index (χ1) is 5.20. The molecule has 4 heteroatoms. The molecule has 0 saturated heterocycles. The van der Waals surface area contributed by atoms with Gasteiger partial charge in [-0.25, -0.2) is 4.79 Å². The fourth-order valence-corrected chi connectivity index (χ4v) is 0.640. The van der Waals surface area contributed by atoms with Crippen LogP contribution in [0.3, 0.4) is 0 Å². The van der Waals surface area contributed by atoms with Crippen molar-refractivity contribution in [2.45, 2.75) is 26.3 Å². The van der Waals surface area contributed by atoms with E-state index in [1.807, 2.05) is 6.92 Å². The number of nitrogens with one attached hydrogen (secondary N) is 1. The Kier molecular flexibility index (Phi) is 5.56. The van der Waals surface area contributed by atoms with Crippen molar-refractivity contribution in [1.82, 2.24) is 5.32 Å². The zero-order valence-electron chi connectivity index (χ0n) is 6.96. The average Bonchev–Trinajstić information content (AvgIpc) is 1.87. The molecule has 11 heavy (non-hydrogen) atoms. The van der Waals surface area contributed by atoms with E-state index in [1.54, 1.807) is 6.92 Å². The Labute approximate surface area is 66.5 Å². The molecule has 0 aliphatic rings. The van der Waals surface area contributed by atoms with Gasteiger partial charge in [-0.1, -0.05) is 0 Å². The number of rotatable bonds is 4. The molecule has 0 saturated carbocycles. The van der Waals surface area contributed by atoms with Gasteiger partial charge in [-0.3, -0.25) is 0 Å². The second-order valence-electron chi connectivity index (χ2n) is 2.28. The molecule has 0 spiro atoms. The van der Waals surface area contributed by atoms with Crippen molar-refractivity contribution < 1.29 is 14.6 Å².